The van der Waals surface area contributed by atoms with Crippen LogP contribution in [0.25, 0.3) is 0 Å². The lowest BCUT2D eigenvalue weighted by Gasteiger charge is -2.06. The molecule has 3 nitrogen and oxygen atoms in total. The van der Waals surface area contributed by atoms with E-state index in [0.29, 0.717) is 0 Å². The number of nitrogens with one attached hydrogen (secondary N) is 1. The van der Waals surface area contributed by atoms with Gasteiger partial charge < -0.3 is 5.32 Å². The third-order valence-corrected chi connectivity index (χ3v) is 2.70. The van der Waals surface area contributed by atoms with Crippen LogP contribution < -0.4 is 5.32 Å². The van der Waals surface area contributed by atoms with Crippen LogP contribution in [-0.4, -0.2) is 9.78 Å². The number of hydrogen-bond acceptors (Lipinski definition) is 2. The maximum atomic E-state index is 4.15. The Morgan fingerprint density at radius 2 is 1.71 bits per heavy atom. The van der Waals surface area contributed by atoms with E-state index in [1.165, 1.54) is 22.3 Å². The molecule has 3 heteroatoms. The summed E-state index contributed by atoms with van der Waals surface area (Å²) in [6.45, 7) is 6.04. The number of aryl methyl sites for hydroxylation is 3. The summed E-state index contributed by atoms with van der Waals surface area (Å²) in [5, 5.41) is 7.58. The Balaban J connectivity index is 1.89. The van der Waals surface area contributed by atoms with Crippen LogP contribution in [0.5, 0.6) is 0 Å². The maximum absolute atomic E-state index is 4.15. The van der Waals surface area contributed by atoms with Gasteiger partial charge in [0.2, 0.25) is 0 Å². The van der Waals surface area contributed by atoms with Gasteiger partial charge in [0, 0.05) is 31.9 Å². The van der Waals surface area contributed by atoms with Crippen molar-refractivity contribution in [1.82, 2.24) is 15.1 Å². The molecule has 0 atom stereocenters. The van der Waals surface area contributed by atoms with Gasteiger partial charge in [0.05, 0.1) is 6.20 Å². The van der Waals surface area contributed by atoms with Crippen molar-refractivity contribution in [3.8, 4) is 0 Å². The minimum absolute atomic E-state index is 0.862. The highest BCUT2D eigenvalue weighted by molar-refractivity contribution is 5.28. The van der Waals surface area contributed by atoms with Gasteiger partial charge in [-0.2, -0.15) is 5.10 Å². The van der Waals surface area contributed by atoms with Crippen LogP contribution in [0.4, 0.5) is 0 Å². The molecule has 0 aliphatic heterocycles. The van der Waals surface area contributed by atoms with Crippen LogP contribution in [0.3, 0.4) is 0 Å². The van der Waals surface area contributed by atoms with Crippen LogP contribution in [0.2, 0.25) is 0 Å². The second-order valence-electron chi connectivity index (χ2n) is 4.62. The van der Waals surface area contributed by atoms with Crippen LogP contribution in [0.15, 0.2) is 30.6 Å². The zero-order valence-corrected chi connectivity index (χ0v) is 10.7. The molecule has 0 fully saturated rings. The summed E-state index contributed by atoms with van der Waals surface area (Å²) in [5.41, 5.74) is 5.20. The lowest BCUT2D eigenvalue weighted by atomic mass is 10.1. The van der Waals surface area contributed by atoms with Gasteiger partial charge >= 0.3 is 0 Å². The summed E-state index contributed by atoms with van der Waals surface area (Å²) in [6.07, 6.45) is 3.93. The van der Waals surface area contributed by atoms with Crippen molar-refractivity contribution in [3.63, 3.8) is 0 Å². The fraction of sp³-hybridized carbons (Fsp3) is 0.357. The molecule has 0 aliphatic rings. The predicted molar refractivity (Wildman–Crippen MR) is 69.7 cm³/mol. The highest BCUT2D eigenvalue weighted by Gasteiger charge is 1.98. The van der Waals surface area contributed by atoms with E-state index in [1.54, 1.807) is 0 Å². The molecule has 1 heterocycles. The van der Waals surface area contributed by atoms with Crippen LogP contribution in [0, 0.1) is 13.8 Å². The Labute approximate surface area is 102 Å². The molecular weight excluding hydrogens is 210 g/mol. The summed E-state index contributed by atoms with van der Waals surface area (Å²) in [7, 11) is 1.94. The average molecular weight is 229 g/mol. The zero-order chi connectivity index (χ0) is 12.3. The van der Waals surface area contributed by atoms with E-state index >= 15 is 0 Å². The van der Waals surface area contributed by atoms with E-state index < -0.39 is 0 Å². The number of benzene rings is 1. The van der Waals surface area contributed by atoms with Crippen molar-refractivity contribution in [3.05, 3.63) is 52.8 Å². The fourth-order valence-corrected chi connectivity index (χ4v) is 2.09. The van der Waals surface area contributed by atoms with Gasteiger partial charge in [0.1, 0.15) is 0 Å². The van der Waals surface area contributed by atoms with Gasteiger partial charge in [-0.05, 0) is 19.4 Å². The van der Waals surface area contributed by atoms with Crippen LogP contribution >= 0.6 is 0 Å². The largest absolute Gasteiger partial charge is 0.309 e. The average Bonchev–Trinajstić information content (AvgIpc) is 2.63. The molecule has 2 rings (SSSR count). The lowest BCUT2D eigenvalue weighted by Crippen LogP contribution is -2.12. The van der Waals surface area contributed by atoms with Gasteiger partial charge in [-0.15, -0.1) is 0 Å². The predicted octanol–water partition coefficient (Wildman–Crippen LogP) is 2.33. The summed E-state index contributed by atoms with van der Waals surface area (Å²) in [4.78, 5) is 0. The number of nitrogens with zero attached hydrogens (tertiary/aromatic N) is 2. The van der Waals surface area contributed by atoms with Gasteiger partial charge in [0.15, 0.2) is 0 Å². The normalized spacial score (nSPS) is 10.8. The van der Waals surface area contributed by atoms with Crippen molar-refractivity contribution in [2.24, 2.45) is 7.05 Å². The molecule has 90 valence electrons. The van der Waals surface area contributed by atoms with E-state index in [4.69, 9.17) is 0 Å². The number of rotatable bonds is 4. The first-order valence-corrected chi connectivity index (χ1v) is 5.89. The smallest absolute Gasteiger partial charge is 0.0534 e. The molecule has 2 aromatic rings. The molecule has 17 heavy (non-hydrogen) atoms. The summed E-state index contributed by atoms with van der Waals surface area (Å²) >= 11 is 0. The van der Waals surface area contributed by atoms with Crippen molar-refractivity contribution < 1.29 is 0 Å². The first-order valence-electron chi connectivity index (χ1n) is 5.89. The Morgan fingerprint density at radius 3 is 2.29 bits per heavy atom. The molecule has 0 amide bonds. The third kappa shape index (κ3) is 3.43. The van der Waals surface area contributed by atoms with E-state index in [2.05, 4.69) is 42.5 Å². The second kappa shape index (κ2) is 5.15. The van der Waals surface area contributed by atoms with Gasteiger partial charge in [-0.3, -0.25) is 4.68 Å². The van der Waals surface area contributed by atoms with Gasteiger partial charge in [-0.25, -0.2) is 0 Å². The SMILES string of the molecule is Cc1cc(C)cc(CNCc2cnn(C)c2)c1. The highest BCUT2D eigenvalue weighted by atomic mass is 15.2. The van der Waals surface area contributed by atoms with Crippen molar-refractivity contribution >= 4 is 0 Å². The van der Waals surface area contributed by atoms with Gasteiger partial charge in [0.25, 0.3) is 0 Å². The molecule has 0 spiro atoms. The van der Waals surface area contributed by atoms with Crippen molar-refractivity contribution in [1.29, 1.82) is 0 Å². The van der Waals surface area contributed by atoms with E-state index in [-0.39, 0.29) is 0 Å². The monoisotopic (exact) mass is 229 g/mol. The Hall–Kier alpha value is -1.61. The third-order valence-electron chi connectivity index (χ3n) is 2.70. The molecule has 1 N–H and O–H groups in total. The zero-order valence-electron chi connectivity index (χ0n) is 10.7. The minimum atomic E-state index is 0.862. The molecule has 0 radical (unpaired) electrons. The molecule has 1 aromatic carbocycles. The van der Waals surface area contributed by atoms with Gasteiger partial charge in [-0.1, -0.05) is 29.3 Å². The first kappa shape index (κ1) is 11.9. The fourth-order valence-electron chi connectivity index (χ4n) is 2.09. The summed E-state index contributed by atoms with van der Waals surface area (Å²) in [5.74, 6) is 0. The molecule has 0 aliphatic carbocycles. The Morgan fingerprint density at radius 1 is 1.06 bits per heavy atom. The molecule has 0 saturated heterocycles. The summed E-state index contributed by atoms with van der Waals surface area (Å²) < 4.78 is 1.83. The van der Waals surface area contributed by atoms with Crippen LogP contribution in [-0.2, 0) is 20.1 Å². The van der Waals surface area contributed by atoms with E-state index in [1.807, 2.05) is 24.1 Å². The van der Waals surface area contributed by atoms with Crippen molar-refractivity contribution in [2.75, 3.05) is 0 Å². The summed E-state index contributed by atoms with van der Waals surface area (Å²) in [6, 6.07) is 6.65. The minimum Gasteiger partial charge on any atom is -0.309 e. The second-order valence-corrected chi connectivity index (χ2v) is 4.62. The van der Waals surface area contributed by atoms with Crippen LogP contribution in [0.1, 0.15) is 22.3 Å². The molecule has 0 bridgehead atoms. The molecule has 0 saturated carbocycles. The van der Waals surface area contributed by atoms with E-state index in [9.17, 15) is 0 Å². The number of aromatic nitrogens is 2. The molecular formula is C14H19N3. The topological polar surface area (TPSA) is 29.9 Å². The quantitative estimate of drug-likeness (QED) is 0.872. The maximum Gasteiger partial charge on any atom is 0.0534 e. The Bertz CT molecular complexity index is 480. The molecule has 1 aromatic heterocycles. The van der Waals surface area contributed by atoms with E-state index in [0.717, 1.165) is 13.1 Å². The highest BCUT2D eigenvalue weighted by Crippen LogP contribution is 2.08. The number of hydrogen-bond donors (Lipinski definition) is 1. The lowest BCUT2D eigenvalue weighted by molar-refractivity contribution is 0.691. The molecule has 0 unspecified atom stereocenters. The van der Waals surface area contributed by atoms with Crippen molar-refractivity contribution in [2.45, 2.75) is 26.9 Å². The Kier molecular flexibility index (Phi) is 3.59. The standard InChI is InChI=1S/C14H19N3/c1-11-4-12(2)6-13(5-11)7-15-8-14-9-16-17(3)10-14/h4-6,9-10,15H,7-8H2,1-3H3. The first-order chi connectivity index (χ1) is 8.13.